The molecule has 0 aromatic heterocycles. The van der Waals surface area contributed by atoms with Crippen LogP contribution in [0.1, 0.15) is 25.3 Å². The summed E-state index contributed by atoms with van der Waals surface area (Å²) in [4.78, 5) is 0. The van der Waals surface area contributed by atoms with E-state index in [0.29, 0.717) is 0 Å². The second-order valence-corrected chi connectivity index (χ2v) is 4.53. The zero-order chi connectivity index (χ0) is 9.36. The molecule has 0 heterocycles. The molecule has 0 saturated heterocycles. The summed E-state index contributed by atoms with van der Waals surface area (Å²) in [6.07, 6.45) is 3.93. The first-order valence-corrected chi connectivity index (χ1v) is 6.20. The number of benzene rings is 1. The molecular weight excluding hydrogens is 176 g/mol. The average Bonchev–Trinajstić information content (AvgIpc) is 2.19. The third-order valence-corrected chi connectivity index (χ3v) is 3.04. The van der Waals surface area contributed by atoms with Gasteiger partial charge in [-0.2, -0.15) is 11.8 Å². The molecule has 0 unspecified atom stereocenters. The number of hydrogen-bond acceptors (Lipinski definition) is 1. The molecule has 0 aliphatic carbocycles. The van der Waals surface area contributed by atoms with Gasteiger partial charge >= 0.3 is 0 Å². The molecule has 1 aromatic rings. The minimum atomic E-state index is 1.24. The van der Waals surface area contributed by atoms with Crippen molar-refractivity contribution in [3.05, 3.63) is 35.9 Å². The van der Waals surface area contributed by atoms with Crippen LogP contribution < -0.4 is 0 Å². The van der Waals surface area contributed by atoms with Gasteiger partial charge in [0, 0.05) is 0 Å². The van der Waals surface area contributed by atoms with E-state index in [1.807, 2.05) is 11.8 Å². The number of hydrogen-bond donors (Lipinski definition) is 0. The van der Waals surface area contributed by atoms with Crippen LogP contribution in [-0.4, -0.2) is 11.5 Å². The molecule has 0 fully saturated rings. The van der Waals surface area contributed by atoms with Gasteiger partial charge in [0.15, 0.2) is 0 Å². The SMILES string of the molecule is CCSCCCCc1ccccc1. The molecule has 0 amide bonds. The van der Waals surface area contributed by atoms with Gasteiger partial charge in [-0.1, -0.05) is 37.3 Å². The summed E-state index contributed by atoms with van der Waals surface area (Å²) in [6.45, 7) is 2.22. The first-order valence-electron chi connectivity index (χ1n) is 5.05. The van der Waals surface area contributed by atoms with E-state index in [0.717, 1.165) is 0 Å². The summed E-state index contributed by atoms with van der Waals surface area (Å²) in [7, 11) is 0. The molecule has 0 spiro atoms. The van der Waals surface area contributed by atoms with Crippen LogP contribution >= 0.6 is 11.8 Å². The Bertz CT molecular complexity index is 206. The highest BCUT2D eigenvalue weighted by molar-refractivity contribution is 7.99. The molecule has 1 rings (SSSR count). The summed E-state index contributed by atoms with van der Waals surface area (Å²) >= 11 is 2.04. The maximum Gasteiger partial charge on any atom is -0.00675 e. The summed E-state index contributed by atoms with van der Waals surface area (Å²) in [5.74, 6) is 2.58. The Balaban J connectivity index is 2.07. The largest absolute Gasteiger partial charge is 0.162 e. The summed E-state index contributed by atoms with van der Waals surface area (Å²) in [5.41, 5.74) is 1.48. The minimum Gasteiger partial charge on any atom is -0.162 e. The highest BCUT2D eigenvalue weighted by atomic mass is 32.2. The van der Waals surface area contributed by atoms with E-state index in [1.54, 1.807) is 0 Å². The summed E-state index contributed by atoms with van der Waals surface area (Å²) < 4.78 is 0. The lowest BCUT2D eigenvalue weighted by atomic mass is 10.1. The van der Waals surface area contributed by atoms with E-state index in [9.17, 15) is 0 Å². The fourth-order valence-electron chi connectivity index (χ4n) is 1.32. The molecule has 0 saturated carbocycles. The number of thioether (sulfide) groups is 1. The Kier molecular flexibility index (Phi) is 5.75. The molecule has 1 heteroatoms. The highest BCUT2D eigenvalue weighted by Gasteiger charge is 1.91. The maximum atomic E-state index is 2.22. The van der Waals surface area contributed by atoms with Gasteiger partial charge in [-0.05, 0) is 36.3 Å². The monoisotopic (exact) mass is 194 g/mol. The Morgan fingerprint density at radius 3 is 2.54 bits per heavy atom. The number of aryl methyl sites for hydroxylation is 1. The van der Waals surface area contributed by atoms with Crippen LogP contribution in [0.3, 0.4) is 0 Å². The van der Waals surface area contributed by atoms with E-state index in [-0.39, 0.29) is 0 Å². The van der Waals surface area contributed by atoms with Crippen LogP contribution in [0.15, 0.2) is 30.3 Å². The van der Waals surface area contributed by atoms with Gasteiger partial charge < -0.3 is 0 Å². The molecule has 0 atom stereocenters. The van der Waals surface area contributed by atoms with Crippen LogP contribution in [0.5, 0.6) is 0 Å². The molecule has 0 N–H and O–H groups in total. The van der Waals surface area contributed by atoms with Gasteiger partial charge in [-0.25, -0.2) is 0 Å². The fourth-order valence-corrected chi connectivity index (χ4v) is 2.02. The van der Waals surface area contributed by atoms with Crippen molar-refractivity contribution in [1.29, 1.82) is 0 Å². The van der Waals surface area contributed by atoms with Crippen molar-refractivity contribution in [3.63, 3.8) is 0 Å². The van der Waals surface area contributed by atoms with E-state index >= 15 is 0 Å². The lowest BCUT2D eigenvalue weighted by Crippen LogP contribution is -1.87. The van der Waals surface area contributed by atoms with Crippen LogP contribution in [0.2, 0.25) is 0 Å². The van der Waals surface area contributed by atoms with Gasteiger partial charge in [0.2, 0.25) is 0 Å². The van der Waals surface area contributed by atoms with Crippen LogP contribution in [-0.2, 0) is 6.42 Å². The number of unbranched alkanes of at least 4 members (excludes halogenated alkanes) is 1. The molecule has 0 radical (unpaired) electrons. The van der Waals surface area contributed by atoms with Gasteiger partial charge in [-0.15, -0.1) is 0 Å². The molecule has 0 aliphatic rings. The van der Waals surface area contributed by atoms with Crippen LogP contribution in [0.25, 0.3) is 0 Å². The van der Waals surface area contributed by atoms with E-state index in [1.165, 1.54) is 36.3 Å². The third kappa shape index (κ3) is 4.99. The lowest BCUT2D eigenvalue weighted by Gasteiger charge is -2.00. The minimum absolute atomic E-state index is 1.24. The lowest BCUT2D eigenvalue weighted by molar-refractivity contribution is 0.802. The zero-order valence-corrected chi connectivity index (χ0v) is 9.15. The first kappa shape index (κ1) is 10.6. The fraction of sp³-hybridized carbons (Fsp3) is 0.500. The smallest absolute Gasteiger partial charge is 0.00675 e. The van der Waals surface area contributed by atoms with Crippen LogP contribution in [0.4, 0.5) is 0 Å². The summed E-state index contributed by atoms with van der Waals surface area (Å²) in [5, 5.41) is 0. The Labute approximate surface area is 85.7 Å². The summed E-state index contributed by atoms with van der Waals surface area (Å²) in [6, 6.07) is 10.8. The molecular formula is C12H18S. The van der Waals surface area contributed by atoms with E-state index in [2.05, 4.69) is 37.3 Å². The van der Waals surface area contributed by atoms with Gasteiger partial charge in [0.05, 0.1) is 0 Å². The van der Waals surface area contributed by atoms with E-state index in [4.69, 9.17) is 0 Å². The molecule has 13 heavy (non-hydrogen) atoms. The van der Waals surface area contributed by atoms with Crippen molar-refractivity contribution in [2.75, 3.05) is 11.5 Å². The molecule has 72 valence electrons. The second-order valence-electron chi connectivity index (χ2n) is 3.14. The normalized spacial score (nSPS) is 10.2. The highest BCUT2D eigenvalue weighted by Crippen LogP contribution is 2.08. The van der Waals surface area contributed by atoms with Gasteiger partial charge in [0.1, 0.15) is 0 Å². The van der Waals surface area contributed by atoms with Crippen LogP contribution in [0, 0.1) is 0 Å². The molecule has 0 bridgehead atoms. The predicted octanol–water partition coefficient (Wildman–Crippen LogP) is 3.76. The van der Waals surface area contributed by atoms with E-state index < -0.39 is 0 Å². The molecule has 0 aliphatic heterocycles. The Morgan fingerprint density at radius 1 is 1.08 bits per heavy atom. The Hall–Kier alpha value is -0.430. The van der Waals surface area contributed by atoms with Gasteiger partial charge in [-0.3, -0.25) is 0 Å². The molecule has 0 nitrogen and oxygen atoms in total. The average molecular weight is 194 g/mol. The van der Waals surface area contributed by atoms with Crippen molar-refractivity contribution < 1.29 is 0 Å². The maximum absolute atomic E-state index is 2.22. The molecule has 1 aromatic carbocycles. The zero-order valence-electron chi connectivity index (χ0n) is 8.33. The van der Waals surface area contributed by atoms with Crippen molar-refractivity contribution in [3.8, 4) is 0 Å². The van der Waals surface area contributed by atoms with Crippen molar-refractivity contribution in [1.82, 2.24) is 0 Å². The third-order valence-electron chi connectivity index (χ3n) is 2.05. The van der Waals surface area contributed by atoms with Crippen molar-refractivity contribution >= 4 is 11.8 Å². The number of rotatable bonds is 6. The predicted molar refractivity (Wildman–Crippen MR) is 62.4 cm³/mol. The standard InChI is InChI=1S/C12H18S/c1-2-13-11-7-6-10-12-8-4-3-5-9-12/h3-5,8-9H,2,6-7,10-11H2,1H3. The quantitative estimate of drug-likeness (QED) is 0.621. The first-order chi connectivity index (χ1) is 6.43. The topological polar surface area (TPSA) is 0 Å². The van der Waals surface area contributed by atoms with Crippen molar-refractivity contribution in [2.45, 2.75) is 26.2 Å². The van der Waals surface area contributed by atoms with Crippen molar-refractivity contribution in [2.24, 2.45) is 0 Å². The Morgan fingerprint density at radius 2 is 1.85 bits per heavy atom. The van der Waals surface area contributed by atoms with Gasteiger partial charge in [0.25, 0.3) is 0 Å². The second kappa shape index (κ2) is 7.02.